The van der Waals surface area contributed by atoms with E-state index in [1.165, 1.54) is 0 Å². The third-order valence-corrected chi connectivity index (χ3v) is 10.9. The lowest BCUT2D eigenvalue weighted by Gasteiger charge is -2.26. The summed E-state index contributed by atoms with van der Waals surface area (Å²) in [6.07, 6.45) is 8.38. The summed E-state index contributed by atoms with van der Waals surface area (Å²) in [5.41, 5.74) is 0. The molecule has 0 heterocycles. The first-order valence-electron chi connectivity index (χ1n) is 7.60. The molecule has 0 saturated heterocycles. The molecule has 2 saturated carbocycles. The van der Waals surface area contributed by atoms with Gasteiger partial charge in [0.2, 0.25) is 0 Å². The van der Waals surface area contributed by atoms with Crippen molar-refractivity contribution in [2.24, 2.45) is 0 Å². The van der Waals surface area contributed by atoms with Crippen molar-refractivity contribution < 1.29 is 28.0 Å². The highest BCUT2D eigenvalue weighted by molar-refractivity contribution is 8.84. The van der Waals surface area contributed by atoms with Gasteiger partial charge in [-0.2, -0.15) is 0 Å². The van der Waals surface area contributed by atoms with Gasteiger partial charge < -0.3 is 9.79 Å². The summed E-state index contributed by atoms with van der Waals surface area (Å²) in [4.78, 5) is 19.6. The first-order valence-corrected chi connectivity index (χ1v) is 12.8. The Bertz CT molecular complexity index is 382. The Labute approximate surface area is 129 Å². The molecule has 2 rings (SSSR count). The molecule has 2 unspecified atom stereocenters. The summed E-state index contributed by atoms with van der Waals surface area (Å²) in [6, 6.07) is 0. The Hall–Kier alpha value is 0.650. The maximum Gasteiger partial charge on any atom is 0.398 e. The molecule has 2 N–H and O–H groups in total. The second kappa shape index (κ2) is 7.96. The van der Waals surface area contributed by atoms with Crippen molar-refractivity contribution in [2.45, 2.75) is 76.4 Å². The lowest BCUT2D eigenvalue weighted by Crippen LogP contribution is -2.15. The van der Waals surface area contributed by atoms with Crippen LogP contribution in [0.25, 0.3) is 0 Å². The first kappa shape index (κ1) is 18.0. The number of rotatable bonds is 6. The fraction of sp³-hybridized carbons (Fsp3) is 1.00. The van der Waals surface area contributed by atoms with E-state index < -0.39 is 13.6 Å². The van der Waals surface area contributed by atoms with E-state index in [4.69, 9.17) is 9.05 Å². The van der Waals surface area contributed by atoms with E-state index in [2.05, 4.69) is 0 Å². The average molecular weight is 358 g/mol. The van der Waals surface area contributed by atoms with E-state index in [1.54, 1.807) is 0 Å². The Morgan fingerprint density at radius 1 is 0.714 bits per heavy atom. The molecular formula is C12H24O6P2S. The third-order valence-electron chi connectivity index (χ3n) is 3.88. The molecule has 0 amide bonds. The maximum absolute atomic E-state index is 12.0. The van der Waals surface area contributed by atoms with Crippen LogP contribution in [0.2, 0.25) is 0 Å². The minimum absolute atomic E-state index is 0.0693. The van der Waals surface area contributed by atoms with Gasteiger partial charge in [0, 0.05) is 0 Å². The van der Waals surface area contributed by atoms with Gasteiger partial charge in [0.15, 0.2) is 0 Å². The molecule has 0 aromatic heterocycles. The van der Waals surface area contributed by atoms with E-state index in [1.807, 2.05) is 0 Å². The summed E-state index contributed by atoms with van der Waals surface area (Å²) < 4.78 is 34.4. The summed E-state index contributed by atoms with van der Waals surface area (Å²) in [7, 11) is 0. The molecule has 0 aromatic carbocycles. The molecule has 124 valence electrons. The molecule has 0 aliphatic heterocycles. The molecule has 2 aliphatic rings. The van der Waals surface area contributed by atoms with Gasteiger partial charge in [-0.3, -0.25) is 9.05 Å². The Morgan fingerprint density at radius 3 is 1.38 bits per heavy atom. The Balaban J connectivity index is 1.84. The van der Waals surface area contributed by atoms with Gasteiger partial charge in [0.25, 0.3) is 0 Å². The largest absolute Gasteiger partial charge is 0.398 e. The van der Waals surface area contributed by atoms with Gasteiger partial charge >= 0.3 is 13.6 Å². The fourth-order valence-corrected chi connectivity index (χ4v) is 9.18. The van der Waals surface area contributed by atoms with Crippen LogP contribution < -0.4 is 0 Å². The zero-order valence-corrected chi connectivity index (χ0v) is 14.7. The van der Waals surface area contributed by atoms with E-state index >= 15 is 0 Å². The van der Waals surface area contributed by atoms with Crippen molar-refractivity contribution in [3.05, 3.63) is 0 Å². The van der Waals surface area contributed by atoms with Gasteiger partial charge in [0.05, 0.1) is 23.2 Å². The van der Waals surface area contributed by atoms with E-state index in [0.29, 0.717) is 0 Å². The quantitative estimate of drug-likeness (QED) is 0.669. The van der Waals surface area contributed by atoms with Crippen LogP contribution in [0.1, 0.15) is 64.2 Å². The molecule has 9 heteroatoms. The molecular weight excluding hydrogens is 334 g/mol. The van der Waals surface area contributed by atoms with Crippen LogP contribution >= 0.6 is 24.6 Å². The molecule has 2 atom stereocenters. The van der Waals surface area contributed by atoms with Gasteiger partial charge in [-0.05, 0) is 25.7 Å². The third kappa shape index (κ3) is 6.74. The highest BCUT2D eigenvalue weighted by atomic mass is 33.1. The van der Waals surface area contributed by atoms with Crippen molar-refractivity contribution in [3.8, 4) is 0 Å². The van der Waals surface area contributed by atoms with E-state index in [0.717, 1.165) is 64.2 Å². The van der Waals surface area contributed by atoms with Crippen LogP contribution in [0.3, 0.4) is 0 Å². The molecule has 0 radical (unpaired) electrons. The van der Waals surface area contributed by atoms with Gasteiger partial charge in [0.1, 0.15) is 0 Å². The first-order chi connectivity index (χ1) is 9.86. The van der Waals surface area contributed by atoms with Crippen molar-refractivity contribution in [1.29, 1.82) is 0 Å². The van der Waals surface area contributed by atoms with Gasteiger partial charge in [-0.25, -0.2) is 9.13 Å². The molecule has 0 spiro atoms. The van der Waals surface area contributed by atoms with E-state index in [-0.39, 0.29) is 23.2 Å². The second-order valence-corrected chi connectivity index (χ2v) is 12.9. The number of hydrogen-bond donors (Lipinski definition) is 2. The molecule has 2 aliphatic carbocycles. The Kier molecular flexibility index (Phi) is 6.82. The number of hydrogen-bond acceptors (Lipinski definition) is 5. The standard InChI is InChI=1S/C12H24O6P2S/c13-19(14,17-11-7-3-1-4-8-11)21-20(15,16)18-12-9-5-2-6-10-12/h11-12H,1-10H2,(H,13,14)(H,15,16). The van der Waals surface area contributed by atoms with Crippen LogP contribution in [-0.2, 0) is 18.2 Å². The second-order valence-electron chi connectivity index (χ2n) is 5.75. The smallest absolute Gasteiger partial charge is 0.316 e. The lowest BCUT2D eigenvalue weighted by molar-refractivity contribution is 0.141. The van der Waals surface area contributed by atoms with Crippen molar-refractivity contribution in [2.75, 3.05) is 0 Å². The Morgan fingerprint density at radius 2 is 1.05 bits per heavy atom. The van der Waals surface area contributed by atoms with Crippen molar-refractivity contribution in [1.82, 2.24) is 0 Å². The van der Waals surface area contributed by atoms with Crippen LogP contribution in [0, 0.1) is 0 Å². The predicted molar refractivity (Wildman–Crippen MR) is 83.2 cm³/mol. The lowest BCUT2D eigenvalue weighted by atomic mass is 9.98. The maximum atomic E-state index is 12.0. The molecule has 21 heavy (non-hydrogen) atoms. The van der Waals surface area contributed by atoms with Gasteiger partial charge in [-0.1, -0.05) is 38.5 Å². The van der Waals surface area contributed by atoms with Crippen LogP contribution in [0.15, 0.2) is 0 Å². The monoisotopic (exact) mass is 358 g/mol. The molecule has 2 fully saturated rings. The molecule has 6 nitrogen and oxygen atoms in total. The minimum atomic E-state index is -4.17. The van der Waals surface area contributed by atoms with Crippen LogP contribution in [0.5, 0.6) is 0 Å². The average Bonchev–Trinajstić information content (AvgIpc) is 2.38. The highest BCUT2D eigenvalue weighted by Crippen LogP contribution is 2.76. The van der Waals surface area contributed by atoms with Gasteiger partial charge in [-0.15, -0.1) is 0 Å². The SMILES string of the molecule is O=P(O)(OC1CCCCC1)SP(=O)(O)OC1CCCCC1. The summed E-state index contributed by atoms with van der Waals surface area (Å²) in [6.45, 7) is -8.34. The summed E-state index contributed by atoms with van der Waals surface area (Å²) in [5, 5.41) is 0. The molecule has 0 aromatic rings. The summed E-state index contributed by atoms with van der Waals surface area (Å²) in [5.74, 6) is 0. The fourth-order valence-electron chi connectivity index (χ4n) is 2.89. The van der Waals surface area contributed by atoms with Crippen molar-refractivity contribution >= 4 is 24.6 Å². The molecule has 0 bridgehead atoms. The topological polar surface area (TPSA) is 93.1 Å². The predicted octanol–water partition coefficient (Wildman–Crippen LogP) is 4.62. The minimum Gasteiger partial charge on any atom is -0.316 e. The zero-order valence-electron chi connectivity index (χ0n) is 12.1. The normalized spacial score (nSPS) is 27.9. The zero-order chi connectivity index (χ0) is 15.3. The highest BCUT2D eigenvalue weighted by Gasteiger charge is 2.39. The summed E-state index contributed by atoms with van der Waals surface area (Å²) >= 11 is 0.0693. The van der Waals surface area contributed by atoms with E-state index in [9.17, 15) is 18.9 Å². The van der Waals surface area contributed by atoms with Crippen LogP contribution in [-0.4, -0.2) is 22.0 Å². The van der Waals surface area contributed by atoms with Crippen LogP contribution in [0.4, 0.5) is 0 Å². The van der Waals surface area contributed by atoms with Crippen molar-refractivity contribution in [3.63, 3.8) is 0 Å².